The van der Waals surface area contributed by atoms with Crippen LogP contribution in [0.15, 0.2) is 0 Å². The van der Waals surface area contributed by atoms with Crippen molar-refractivity contribution in [1.29, 1.82) is 5.26 Å². The Labute approximate surface area is 102 Å². The van der Waals surface area contributed by atoms with Crippen molar-refractivity contribution in [2.24, 2.45) is 0 Å². The lowest BCUT2D eigenvalue weighted by Gasteiger charge is -2.10. The molecule has 0 spiro atoms. The molecule has 0 atom stereocenters. The third kappa shape index (κ3) is 2.11. The number of pyridine rings is 1. The number of aromatic nitrogens is 1. The lowest BCUT2D eigenvalue weighted by molar-refractivity contribution is 0.0694. The fourth-order valence-corrected chi connectivity index (χ4v) is 1.92. The van der Waals surface area contributed by atoms with Crippen molar-refractivity contribution < 1.29 is 9.90 Å². The van der Waals surface area contributed by atoms with Gasteiger partial charge in [0.05, 0.1) is 22.7 Å². The maximum absolute atomic E-state index is 11.1. The average Bonchev–Trinajstić information content (AvgIpc) is 2.26. The van der Waals surface area contributed by atoms with Crippen LogP contribution in [0.2, 0.25) is 5.15 Å². The Morgan fingerprint density at radius 3 is 2.62 bits per heavy atom. The van der Waals surface area contributed by atoms with Gasteiger partial charge in [0.1, 0.15) is 11.2 Å². The molecule has 0 aromatic carbocycles. The van der Waals surface area contributed by atoms with E-state index in [1.807, 2.05) is 6.07 Å². The highest BCUT2D eigenvalue weighted by Crippen LogP contribution is 2.25. The minimum Gasteiger partial charge on any atom is -0.478 e. The van der Waals surface area contributed by atoms with E-state index < -0.39 is 5.97 Å². The molecule has 16 heavy (non-hydrogen) atoms. The smallest absolute Gasteiger partial charge is 0.337 e. The van der Waals surface area contributed by atoms with E-state index in [1.54, 1.807) is 6.92 Å². The maximum Gasteiger partial charge on any atom is 0.337 e. The molecule has 1 rings (SSSR count). The molecule has 84 valence electrons. The molecular formula is C10H8Cl2N2O2. The zero-order chi connectivity index (χ0) is 12.3. The summed E-state index contributed by atoms with van der Waals surface area (Å²) < 4.78 is 0. The van der Waals surface area contributed by atoms with Gasteiger partial charge in [-0.1, -0.05) is 18.5 Å². The normalized spacial score (nSPS) is 9.88. The fourth-order valence-electron chi connectivity index (χ4n) is 1.47. The number of carbonyl (C=O) groups is 1. The van der Waals surface area contributed by atoms with Crippen molar-refractivity contribution in [3.05, 3.63) is 27.5 Å². The summed E-state index contributed by atoms with van der Waals surface area (Å²) in [7, 11) is 0. The fraction of sp³-hybridized carbons (Fsp3) is 0.300. The molecule has 0 amide bonds. The van der Waals surface area contributed by atoms with Gasteiger partial charge in [-0.15, -0.1) is 11.6 Å². The number of halogens is 2. The lowest BCUT2D eigenvalue weighted by Crippen LogP contribution is -2.11. The van der Waals surface area contributed by atoms with Crippen molar-refractivity contribution >= 4 is 29.2 Å². The first-order valence-electron chi connectivity index (χ1n) is 4.47. The van der Waals surface area contributed by atoms with E-state index >= 15 is 0 Å². The molecule has 1 heterocycles. The second-order valence-electron chi connectivity index (χ2n) is 2.98. The molecule has 0 saturated heterocycles. The van der Waals surface area contributed by atoms with E-state index in [1.165, 1.54) is 0 Å². The molecule has 0 aliphatic rings. The molecule has 1 N–H and O–H groups in total. The third-order valence-corrected chi connectivity index (χ3v) is 2.66. The number of hydrogen-bond donors (Lipinski definition) is 1. The molecule has 0 bridgehead atoms. The number of nitriles is 1. The number of hydrogen-bond acceptors (Lipinski definition) is 3. The van der Waals surface area contributed by atoms with Crippen LogP contribution in [-0.4, -0.2) is 16.1 Å². The van der Waals surface area contributed by atoms with E-state index in [4.69, 9.17) is 33.6 Å². The van der Waals surface area contributed by atoms with Crippen molar-refractivity contribution in [3.8, 4) is 6.07 Å². The highest BCUT2D eigenvalue weighted by Gasteiger charge is 2.21. The van der Waals surface area contributed by atoms with Gasteiger partial charge in [0.25, 0.3) is 0 Å². The van der Waals surface area contributed by atoms with Crippen LogP contribution in [0.25, 0.3) is 0 Å². The summed E-state index contributed by atoms with van der Waals surface area (Å²) in [6.07, 6.45) is 0.386. The van der Waals surface area contributed by atoms with Gasteiger partial charge in [-0.25, -0.2) is 9.78 Å². The number of nitrogens with zero attached hydrogens (tertiary/aromatic N) is 2. The molecule has 4 nitrogen and oxygen atoms in total. The Balaban J connectivity index is 3.68. The number of carboxylic acid groups (broad SMARTS) is 1. The minimum absolute atomic E-state index is 0.000000000000000444. The maximum atomic E-state index is 11.1. The highest BCUT2D eigenvalue weighted by molar-refractivity contribution is 6.31. The van der Waals surface area contributed by atoms with Crippen LogP contribution in [0.5, 0.6) is 0 Å². The molecule has 6 heteroatoms. The zero-order valence-corrected chi connectivity index (χ0v) is 9.93. The average molecular weight is 259 g/mol. The molecular weight excluding hydrogens is 251 g/mol. The number of aromatic carboxylic acids is 1. The van der Waals surface area contributed by atoms with Crippen LogP contribution in [0.4, 0.5) is 0 Å². The van der Waals surface area contributed by atoms with Gasteiger partial charge in [-0.05, 0) is 12.0 Å². The summed E-state index contributed by atoms with van der Waals surface area (Å²) in [6.45, 7) is 1.75. The molecule has 0 saturated carbocycles. The predicted molar refractivity (Wildman–Crippen MR) is 59.9 cm³/mol. The molecule has 1 aromatic rings. The lowest BCUT2D eigenvalue weighted by atomic mass is 10.00. The predicted octanol–water partition coefficient (Wildman–Crippen LogP) is 2.61. The van der Waals surface area contributed by atoms with Crippen molar-refractivity contribution in [2.75, 3.05) is 0 Å². The van der Waals surface area contributed by atoms with Crippen molar-refractivity contribution in [2.45, 2.75) is 19.2 Å². The summed E-state index contributed by atoms with van der Waals surface area (Å²) in [5, 5.41) is 18.0. The second kappa shape index (κ2) is 5.15. The highest BCUT2D eigenvalue weighted by atomic mass is 35.5. The van der Waals surface area contributed by atoms with Crippen LogP contribution < -0.4 is 0 Å². The molecule has 0 aliphatic heterocycles. The monoisotopic (exact) mass is 258 g/mol. The first-order chi connectivity index (χ1) is 7.56. The van der Waals surface area contributed by atoms with Gasteiger partial charge in [-0.3, -0.25) is 0 Å². The zero-order valence-electron chi connectivity index (χ0n) is 8.42. The first kappa shape index (κ1) is 12.8. The van der Waals surface area contributed by atoms with Crippen LogP contribution in [-0.2, 0) is 12.3 Å². The Morgan fingerprint density at radius 1 is 1.62 bits per heavy atom. The van der Waals surface area contributed by atoms with E-state index in [2.05, 4.69) is 4.98 Å². The van der Waals surface area contributed by atoms with E-state index in [0.29, 0.717) is 12.0 Å². The van der Waals surface area contributed by atoms with Crippen molar-refractivity contribution in [1.82, 2.24) is 4.98 Å². The van der Waals surface area contributed by atoms with Crippen LogP contribution in [0.3, 0.4) is 0 Å². The van der Waals surface area contributed by atoms with Crippen molar-refractivity contribution in [3.63, 3.8) is 0 Å². The second-order valence-corrected chi connectivity index (χ2v) is 3.61. The van der Waals surface area contributed by atoms with E-state index in [0.717, 1.165) is 0 Å². The van der Waals surface area contributed by atoms with E-state index in [-0.39, 0.29) is 27.9 Å². The molecule has 0 unspecified atom stereocenters. The van der Waals surface area contributed by atoms with Gasteiger partial charge >= 0.3 is 5.97 Å². The third-order valence-electron chi connectivity index (χ3n) is 2.14. The topological polar surface area (TPSA) is 74.0 Å². The molecule has 1 aromatic heterocycles. The number of carboxylic acids is 1. The Kier molecular flexibility index (Phi) is 4.11. The van der Waals surface area contributed by atoms with Gasteiger partial charge in [0.15, 0.2) is 0 Å². The molecule has 0 aliphatic carbocycles. The number of alkyl halides is 1. The first-order valence-corrected chi connectivity index (χ1v) is 5.38. The Morgan fingerprint density at radius 2 is 2.25 bits per heavy atom. The van der Waals surface area contributed by atoms with Crippen LogP contribution in [0.1, 0.15) is 34.1 Å². The summed E-state index contributed by atoms with van der Waals surface area (Å²) in [6, 6.07) is 1.86. The molecule has 0 fully saturated rings. The Hall–Kier alpha value is -1.31. The number of rotatable bonds is 3. The largest absolute Gasteiger partial charge is 0.478 e. The quantitative estimate of drug-likeness (QED) is 0.668. The summed E-state index contributed by atoms with van der Waals surface area (Å²) in [5.74, 6) is -1.20. The Bertz CT molecular complexity index is 481. The summed E-state index contributed by atoms with van der Waals surface area (Å²) in [5.41, 5.74) is 0.662. The molecule has 0 radical (unpaired) electrons. The van der Waals surface area contributed by atoms with Gasteiger partial charge in [0, 0.05) is 0 Å². The SMILES string of the molecule is CCc1c(C#N)c(Cl)nc(CCl)c1C(=O)O. The van der Waals surface area contributed by atoms with Gasteiger partial charge in [0.2, 0.25) is 0 Å². The summed E-state index contributed by atoms with van der Waals surface area (Å²) >= 11 is 11.4. The summed E-state index contributed by atoms with van der Waals surface area (Å²) in [4.78, 5) is 14.9. The van der Waals surface area contributed by atoms with E-state index in [9.17, 15) is 4.79 Å². The van der Waals surface area contributed by atoms with Crippen LogP contribution in [0, 0.1) is 11.3 Å². The standard InChI is InChI=1S/C10H8Cl2N2O2/c1-2-5-6(4-13)9(12)14-7(3-11)8(5)10(15)16/h2-3H2,1H3,(H,15,16). The minimum atomic E-state index is -1.15. The van der Waals surface area contributed by atoms with Gasteiger partial charge in [-0.2, -0.15) is 5.26 Å². The van der Waals surface area contributed by atoms with Gasteiger partial charge < -0.3 is 5.11 Å². The van der Waals surface area contributed by atoms with Crippen LogP contribution >= 0.6 is 23.2 Å².